The lowest BCUT2D eigenvalue weighted by atomic mass is 9.70. The predicted octanol–water partition coefficient (Wildman–Crippen LogP) is 5.18. The zero-order valence-electron chi connectivity index (χ0n) is 13.1. The molecule has 1 aromatic carbocycles. The van der Waals surface area contributed by atoms with E-state index < -0.39 is 4.92 Å². The normalized spacial score (nSPS) is 24.6. The average Bonchev–Trinajstić information content (AvgIpc) is 2.35. The van der Waals surface area contributed by atoms with Crippen LogP contribution >= 0.6 is 11.6 Å². The van der Waals surface area contributed by atoms with Gasteiger partial charge >= 0.3 is 0 Å². The van der Waals surface area contributed by atoms with Crippen molar-refractivity contribution in [3.63, 3.8) is 0 Å². The monoisotopic (exact) mass is 310 g/mol. The average molecular weight is 311 g/mol. The summed E-state index contributed by atoms with van der Waals surface area (Å²) in [6.07, 6.45) is 3.49. The van der Waals surface area contributed by atoms with Crippen LogP contribution in [0.3, 0.4) is 0 Å². The zero-order chi connectivity index (χ0) is 15.8. The summed E-state index contributed by atoms with van der Waals surface area (Å²) in [5.41, 5.74) is 2.14. The number of benzene rings is 1. The number of nitro benzene ring substituents is 1. The molecule has 0 radical (unpaired) electrons. The lowest BCUT2D eigenvalue weighted by Crippen LogP contribution is -2.37. The van der Waals surface area contributed by atoms with Gasteiger partial charge in [0.15, 0.2) is 0 Å². The van der Waals surface area contributed by atoms with E-state index in [0.29, 0.717) is 17.4 Å². The summed E-state index contributed by atoms with van der Waals surface area (Å²) in [5.74, 6) is 0.571. The highest BCUT2D eigenvalue weighted by Crippen LogP contribution is 2.40. The van der Waals surface area contributed by atoms with E-state index >= 15 is 0 Å². The number of rotatable bonds is 3. The van der Waals surface area contributed by atoms with Crippen molar-refractivity contribution in [1.29, 1.82) is 0 Å². The first kappa shape index (κ1) is 16.1. The highest BCUT2D eigenvalue weighted by atomic mass is 35.5. The molecular formula is C16H23ClN2O2. The molecule has 2 atom stereocenters. The van der Waals surface area contributed by atoms with Gasteiger partial charge in [-0.2, -0.15) is 0 Å². The molecular weight excluding hydrogens is 288 g/mol. The van der Waals surface area contributed by atoms with Crippen LogP contribution in [0.5, 0.6) is 0 Å². The van der Waals surface area contributed by atoms with Crippen LogP contribution in [0.1, 0.15) is 45.6 Å². The summed E-state index contributed by atoms with van der Waals surface area (Å²) in [4.78, 5) is 10.5. The van der Waals surface area contributed by atoms with Gasteiger partial charge in [0, 0.05) is 17.8 Å². The highest BCUT2D eigenvalue weighted by Gasteiger charge is 2.32. The third-order valence-corrected chi connectivity index (χ3v) is 4.83. The second-order valence-electron chi connectivity index (χ2n) is 7.01. The predicted molar refractivity (Wildman–Crippen MR) is 87.1 cm³/mol. The second-order valence-corrected chi connectivity index (χ2v) is 7.42. The Morgan fingerprint density at radius 1 is 1.43 bits per heavy atom. The Bertz CT molecular complexity index is 557. The number of halogens is 1. The molecule has 1 aliphatic carbocycles. The van der Waals surface area contributed by atoms with E-state index in [-0.39, 0.29) is 10.7 Å². The Morgan fingerprint density at radius 3 is 2.67 bits per heavy atom. The Kier molecular flexibility index (Phi) is 4.47. The molecule has 2 rings (SSSR count). The molecule has 0 aliphatic heterocycles. The topological polar surface area (TPSA) is 55.2 Å². The van der Waals surface area contributed by atoms with E-state index in [0.717, 1.165) is 17.7 Å². The molecule has 21 heavy (non-hydrogen) atoms. The molecule has 0 bridgehead atoms. The Labute approximate surface area is 131 Å². The van der Waals surface area contributed by atoms with E-state index in [1.54, 1.807) is 12.1 Å². The van der Waals surface area contributed by atoms with Crippen molar-refractivity contribution in [3.05, 3.63) is 32.8 Å². The maximum Gasteiger partial charge on any atom is 0.288 e. The molecule has 0 amide bonds. The number of aryl methyl sites for hydroxylation is 1. The van der Waals surface area contributed by atoms with Crippen molar-refractivity contribution >= 4 is 23.0 Å². The van der Waals surface area contributed by atoms with E-state index in [4.69, 9.17) is 11.6 Å². The molecule has 4 nitrogen and oxygen atoms in total. The van der Waals surface area contributed by atoms with Crippen molar-refractivity contribution in [2.45, 2.75) is 53.0 Å². The molecule has 0 heterocycles. The number of hydrogen-bond acceptors (Lipinski definition) is 3. The van der Waals surface area contributed by atoms with Gasteiger partial charge in [0.2, 0.25) is 0 Å². The van der Waals surface area contributed by atoms with E-state index in [1.165, 1.54) is 12.8 Å². The summed E-state index contributed by atoms with van der Waals surface area (Å²) in [6.45, 7) is 8.77. The SMILES string of the molecule is Cc1cc([N+](=O)[O-])c(Cl)cc1NC1CCC(C)(C)CC1C. The quantitative estimate of drug-likeness (QED) is 0.618. The first-order chi connectivity index (χ1) is 9.69. The Morgan fingerprint density at radius 2 is 2.10 bits per heavy atom. The number of nitrogens with zero attached hydrogens (tertiary/aromatic N) is 1. The van der Waals surface area contributed by atoms with Crippen LogP contribution in [0.2, 0.25) is 5.02 Å². The lowest BCUT2D eigenvalue weighted by molar-refractivity contribution is -0.384. The molecule has 1 fully saturated rings. The summed E-state index contributed by atoms with van der Waals surface area (Å²) in [7, 11) is 0. The van der Waals surface area contributed by atoms with Crippen LogP contribution in [0.15, 0.2) is 12.1 Å². The molecule has 0 spiro atoms. The summed E-state index contributed by atoms with van der Waals surface area (Å²) in [5, 5.41) is 14.6. The molecule has 1 N–H and O–H groups in total. The van der Waals surface area contributed by atoms with Gasteiger partial charge < -0.3 is 5.32 Å². The van der Waals surface area contributed by atoms with Crippen molar-refractivity contribution in [2.24, 2.45) is 11.3 Å². The van der Waals surface area contributed by atoms with Crippen LogP contribution in [-0.4, -0.2) is 11.0 Å². The minimum absolute atomic E-state index is 0.0301. The highest BCUT2D eigenvalue weighted by molar-refractivity contribution is 6.33. The maximum atomic E-state index is 10.9. The fourth-order valence-electron chi connectivity index (χ4n) is 3.32. The minimum atomic E-state index is -0.440. The van der Waals surface area contributed by atoms with Crippen LogP contribution in [0, 0.1) is 28.4 Å². The molecule has 5 heteroatoms. The number of nitro groups is 1. The van der Waals surface area contributed by atoms with Crippen LogP contribution in [0.25, 0.3) is 0 Å². The van der Waals surface area contributed by atoms with Gasteiger partial charge in [0.25, 0.3) is 5.69 Å². The summed E-state index contributed by atoms with van der Waals surface area (Å²) >= 11 is 6.01. The molecule has 2 unspecified atom stereocenters. The number of nitrogens with one attached hydrogen (secondary N) is 1. The van der Waals surface area contributed by atoms with Gasteiger partial charge in [0.1, 0.15) is 5.02 Å². The third kappa shape index (κ3) is 3.67. The van der Waals surface area contributed by atoms with Crippen LogP contribution in [-0.2, 0) is 0 Å². The number of hydrogen-bond donors (Lipinski definition) is 1. The molecule has 1 saturated carbocycles. The van der Waals surface area contributed by atoms with Crippen LogP contribution < -0.4 is 5.32 Å². The van der Waals surface area contributed by atoms with E-state index in [9.17, 15) is 10.1 Å². The first-order valence-corrected chi connectivity index (χ1v) is 7.78. The molecule has 1 aromatic rings. The minimum Gasteiger partial charge on any atom is -0.382 e. The van der Waals surface area contributed by atoms with Crippen molar-refractivity contribution in [3.8, 4) is 0 Å². The van der Waals surface area contributed by atoms with Crippen molar-refractivity contribution in [2.75, 3.05) is 5.32 Å². The summed E-state index contributed by atoms with van der Waals surface area (Å²) < 4.78 is 0. The van der Waals surface area contributed by atoms with E-state index in [1.807, 2.05) is 6.92 Å². The van der Waals surface area contributed by atoms with Gasteiger partial charge in [-0.25, -0.2) is 0 Å². The lowest BCUT2D eigenvalue weighted by Gasteiger charge is -2.40. The Hall–Kier alpha value is -1.29. The van der Waals surface area contributed by atoms with E-state index in [2.05, 4.69) is 26.1 Å². The second kappa shape index (κ2) is 5.84. The standard InChI is InChI=1S/C16H23ClN2O2/c1-10-7-15(19(20)21)12(17)8-14(10)18-13-5-6-16(3,4)9-11(13)2/h7-8,11,13,18H,5-6,9H2,1-4H3. The summed E-state index contributed by atoms with van der Waals surface area (Å²) in [6, 6.07) is 3.62. The van der Waals surface area contributed by atoms with Gasteiger partial charge in [-0.05, 0) is 49.1 Å². The molecule has 1 aliphatic rings. The Balaban J connectivity index is 2.17. The van der Waals surface area contributed by atoms with Crippen LogP contribution in [0.4, 0.5) is 11.4 Å². The third-order valence-electron chi connectivity index (χ3n) is 4.52. The first-order valence-electron chi connectivity index (χ1n) is 7.41. The van der Waals surface area contributed by atoms with Gasteiger partial charge in [-0.15, -0.1) is 0 Å². The van der Waals surface area contributed by atoms with Gasteiger partial charge in [-0.1, -0.05) is 32.4 Å². The molecule has 0 aromatic heterocycles. The fourth-order valence-corrected chi connectivity index (χ4v) is 3.56. The molecule has 116 valence electrons. The van der Waals surface area contributed by atoms with Crippen molar-refractivity contribution < 1.29 is 4.92 Å². The fraction of sp³-hybridized carbons (Fsp3) is 0.625. The van der Waals surface area contributed by atoms with Gasteiger partial charge in [0.05, 0.1) is 4.92 Å². The zero-order valence-corrected chi connectivity index (χ0v) is 13.8. The maximum absolute atomic E-state index is 10.9. The number of anilines is 1. The van der Waals surface area contributed by atoms with Gasteiger partial charge in [-0.3, -0.25) is 10.1 Å². The largest absolute Gasteiger partial charge is 0.382 e. The molecule has 0 saturated heterocycles. The smallest absolute Gasteiger partial charge is 0.288 e. The van der Waals surface area contributed by atoms with Crippen molar-refractivity contribution in [1.82, 2.24) is 0 Å².